The number of amides is 1. The van der Waals surface area contributed by atoms with Crippen molar-refractivity contribution < 1.29 is 19.4 Å². The molecule has 0 radical (unpaired) electrons. The van der Waals surface area contributed by atoms with Crippen molar-refractivity contribution >= 4 is 11.9 Å². The zero-order valence-electron chi connectivity index (χ0n) is 16.8. The van der Waals surface area contributed by atoms with Gasteiger partial charge < -0.3 is 25.5 Å². The molecule has 0 aliphatic heterocycles. The molecule has 9 heteroatoms. The maximum atomic E-state index is 12.7. The van der Waals surface area contributed by atoms with E-state index in [-0.39, 0.29) is 11.9 Å². The Labute approximate surface area is 164 Å². The SMILES string of the molecule is CC(=O)O.CCCn1cnnc1C(C)NC(=O)c1cc(C)ccc1OCCN. The van der Waals surface area contributed by atoms with Crippen LogP contribution in [0.4, 0.5) is 0 Å². The Morgan fingerprint density at radius 3 is 2.68 bits per heavy atom. The standard InChI is InChI=1S/C17H25N5O2.C2H4O2/c1-4-8-22-11-19-21-16(22)13(3)20-17(23)14-10-12(2)5-6-15(14)24-9-7-18;1-2(3)4/h5-6,10-11,13H,4,7-9,18H2,1-3H3,(H,20,23);1H3,(H,3,4). The molecule has 28 heavy (non-hydrogen) atoms. The van der Waals surface area contributed by atoms with Crippen LogP contribution in [0.25, 0.3) is 0 Å². The van der Waals surface area contributed by atoms with Gasteiger partial charge in [-0.05, 0) is 32.4 Å². The Morgan fingerprint density at radius 1 is 1.39 bits per heavy atom. The smallest absolute Gasteiger partial charge is 0.300 e. The van der Waals surface area contributed by atoms with E-state index in [1.54, 1.807) is 12.4 Å². The highest BCUT2D eigenvalue weighted by molar-refractivity contribution is 5.97. The maximum Gasteiger partial charge on any atom is 0.300 e. The van der Waals surface area contributed by atoms with Crippen LogP contribution in [0.5, 0.6) is 5.75 Å². The molecule has 0 saturated carbocycles. The molecule has 1 amide bonds. The number of aliphatic carboxylic acids is 1. The number of aromatic nitrogens is 3. The molecule has 154 valence electrons. The van der Waals surface area contributed by atoms with Gasteiger partial charge in [-0.3, -0.25) is 9.59 Å². The molecule has 2 aromatic rings. The fraction of sp³-hybridized carbons (Fsp3) is 0.474. The second-order valence-electron chi connectivity index (χ2n) is 6.23. The number of hydrogen-bond donors (Lipinski definition) is 3. The van der Waals surface area contributed by atoms with E-state index in [1.165, 1.54) is 0 Å². The van der Waals surface area contributed by atoms with Gasteiger partial charge >= 0.3 is 0 Å². The quantitative estimate of drug-likeness (QED) is 0.626. The van der Waals surface area contributed by atoms with Crippen molar-refractivity contribution in [1.29, 1.82) is 0 Å². The number of nitrogens with one attached hydrogen (secondary N) is 1. The molecule has 4 N–H and O–H groups in total. The van der Waals surface area contributed by atoms with Crippen LogP contribution >= 0.6 is 0 Å². The topological polar surface area (TPSA) is 132 Å². The minimum Gasteiger partial charge on any atom is -0.491 e. The average Bonchev–Trinajstić information content (AvgIpc) is 3.09. The summed E-state index contributed by atoms with van der Waals surface area (Å²) >= 11 is 0. The number of aryl methyl sites for hydroxylation is 2. The number of carbonyl (C=O) groups excluding carboxylic acids is 1. The highest BCUT2D eigenvalue weighted by Crippen LogP contribution is 2.21. The molecule has 1 unspecified atom stereocenters. The summed E-state index contributed by atoms with van der Waals surface area (Å²) in [5.74, 6) is 0.234. The third kappa shape index (κ3) is 7.36. The molecule has 2 rings (SSSR count). The Morgan fingerprint density at radius 2 is 2.07 bits per heavy atom. The Hall–Kier alpha value is -2.94. The molecule has 0 aliphatic rings. The van der Waals surface area contributed by atoms with E-state index in [0.29, 0.717) is 24.5 Å². The van der Waals surface area contributed by atoms with Crippen LogP contribution in [0.1, 0.15) is 55.0 Å². The van der Waals surface area contributed by atoms with Crippen LogP contribution in [-0.2, 0) is 11.3 Å². The van der Waals surface area contributed by atoms with Gasteiger partial charge in [0.1, 0.15) is 18.7 Å². The fourth-order valence-corrected chi connectivity index (χ4v) is 2.47. The first-order chi connectivity index (χ1) is 13.3. The van der Waals surface area contributed by atoms with Gasteiger partial charge in [0.05, 0.1) is 11.6 Å². The van der Waals surface area contributed by atoms with Gasteiger partial charge in [-0.2, -0.15) is 0 Å². The number of carboxylic acid groups (broad SMARTS) is 1. The molecule has 1 atom stereocenters. The summed E-state index contributed by atoms with van der Waals surface area (Å²) in [6, 6.07) is 5.26. The van der Waals surface area contributed by atoms with Crippen LogP contribution in [0.15, 0.2) is 24.5 Å². The van der Waals surface area contributed by atoms with Gasteiger partial charge in [-0.15, -0.1) is 10.2 Å². The zero-order chi connectivity index (χ0) is 21.1. The molecule has 0 spiro atoms. The van der Waals surface area contributed by atoms with Gasteiger partial charge in [0.15, 0.2) is 5.82 Å². The zero-order valence-corrected chi connectivity index (χ0v) is 16.8. The van der Waals surface area contributed by atoms with Crippen molar-refractivity contribution in [3.05, 3.63) is 41.5 Å². The molecule has 1 aromatic carbocycles. The predicted octanol–water partition coefficient (Wildman–Crippen LogP) is 1.92. The summed E-state index contributed by atoms with van der Waals surface area (Å²) in [7, 11) is 0. The number of carbonyl (C=O) groups is 2. The van der Waals surface area contributed by atoms with Crippen LogP contribution in [0.2, 0.25) is 0 Å². The lowest BCUT2D eigenvalue weighted by atomic mass is 10.1. The average molecular weight is 391 g/mol. The van der Waals surface area contributed by atoms with E-state index < -0.39 is 5.97 Å². The monoisotopic (exact) mass is 391 g/mol. The minimum absolute atomic E-state index is 0.204. The number of nitrogens with two attached hydrogens (primary N) is 1. The third-order valence-electron chi connectivity index (χ3n) is 3.60. The van der Waals surface area contributed by atoms with Crippen LogP contribution in [-0.4, -0.2) is 44.9 Å². The van der Waals surface area contributed by atoms with Gasteiger partial charge in [0.25, 0.3) is 11.9 Å². The molecule has 0 aliphatic carbocycles. The normalized spacial score (nSPS) is 11.2. The molecule has 0 saturated heterocycles. The number of nitrogens with zero attached hydrogens (tertiary/aromatic N) is 3. The molecular weight excluding hydrogens is 362 g/mol. The van der Waals surface area contributed by atoms with Gasteiger partial charge in [0.2, 0.25) is 0 Å². The fourth-order valence-electron chi connectivity index (χ4n) is 2.47. The van der Waals surface area contributed by atoms with Gasteiger partial charge in [-0.1, -0.05) is 18.6 Å². The van der Waals surface area contributed by atoms with E-state index in [0.717, 1.165) is 31.3 Å². The van der Waals surface area contributed by atoms with Crippen molar-refractivity contribution in [2.75, 3.05) is 13.2 Å². The van der Waals surface area contributed by atoms with Crippen molar-refractivity contribution in [2.45, 2.75) is 46.7 Å². The van der Waals surface area contributed by atoms with E-state index in [4.69, 9.17) is 20.4 Å². The van der Waals surface area contributed by atoms with Gasteiger partial charge in [0, 0.05) is 20.0 Å². The van der Waals surface area contributed by atoms with E-state index >= 15 is 0 Å². The summed E-state index contributed by atoms with van der Waals surface area (Å²) in [4.78, 5) is 21.7. The first-order valence-corrected chi connectivity index (χ1v) is 9.11. The van der Waals surface area contributed by atoms with E-state index in [9.17, 15) is 4.79 Å². The van der Waals surface area contributed by atoms with E-state index in [1.807, 2.05) is 30.5 Å². The lowest BCUT2D eigenvalue weighted by Gasteiger charge is -2.16. The molecule has 1 aromatic heterocycles. The molecular formula is C19H29N5O4. The molecule has 9 nitrogen and oxygen atoms in total. The lowest BCUT2D eigenvalue weighted by molar-refractivity contribution is -0.134. The lowest BCUT2D eigenvalue weighted by Crippen LogP contribution is -2.29. The highest BCUT2D eigenvalue weighted by Gasteiger charge is 2.19. The first-order valence-electron chi connectivity index (χ1n) is 9.11. The predicted molar refractivity (Wildman–Crippen MR) is 105 cm³/mol. The summed E-state index contributed by atoms with van der Waals surface area (Å²) < 4.78 is 7.53. The van der Waals surface area contributed by atoms with Crippen LogP contribution in [0.3, 0.4) is 0 Å². The van der Waals surface area contributed by atoms with Gasteiger partial charge in [-0.25, -0.2) is 0 Å². The third-order valence-corrected chi connectivity index (χ3v) is 3.60. The minimum atomic E-state index is -0.833. The number of rotatable bonds is 8. The van der Waals surface area contributed by atoms with E-state index in [2.05, 4.69) is 22.4 Å². The molecule has 0 fully saturated rings. The number of ether oxygens (including phenoxy) is 1. The second kappa shape index (κ2) is 11.7. The Bertz CT molecular complexity index is 771. The van der Waals surface area contributed by atoms with Crippen molar-refractivity contribution in [2.24, 2.45) is 5.73 Å². The largest absolute Gasteiger partial charge is 0.491 e. The summed E-state index contributed by atoms with van der Waals surface area (Å²) in [6.45, 7) is 8.57. The van der Waals surface area contributed by atoms with Crippen molar-refractivity contribution in [3.8, 4) is 5.75 Å². The number of carboxylic acids is 1. The Kier molecular flexibility index (Phi) is 9.66. The van der Waals surface area contributed by atoms with Crippen LogP contribution < -0.4 is 15.8 Å². The van der Waals surface area contributed by atoms with Crippen molar-refractivity contribution in [1.82, 2.24) is 20.1 Å². The number of hydrogen-bond acceptors (Lipinski definition) is 6. The summed E-state index contributed by atoms with van der Waals surface area (Å²) in [5, 5.41) is 18.4. The summed E-state index contributed by atoms with van der Waals surface area (Å²) in [5.41, 5.74) is 6.96. The second-order valence-corrected chi connectivity index (χ2v) is 6.23. The van der Waals surface area contributed by atoms with Crippen LogP contribution in [0, 0.1) is 6.92 Å². The highest BCUT2D eigenvalue weighted by atomic mass is 16.5. The molecule has 1 heterocycles. The maximum absolute atomic E-state index is 12.7. The molecule has 0 bridgehead atoms. The van der Waals surface area contributed by atoms with Crippen molar-refractivity contribution in [3.63, 3.8) is 0 Å². The Balaban J connectivity index is 0.000000892. The number of benzene rings is 1. The first kappa shape index (κ1) is 23.1. The summed E-state index contributed by atoms with van der Waals surface area (Å²) in [6.07, 6.45) is 2.66.